The quantitative estimate of drug-likeness (QED) is 0.782. The highest BCUT2D eigenvalue weighted by Crippen LogP contribution is 2.18. The summed E-state index contributed by atoms with van der Waals surface area (Å²) in [5.74, 6) is 0.976. The van der Waals surface area contributed by atoms with Gasteiger partial charge in [0.15, 0.2) is 0 Å². The molecule has 1 aliphatic rings. The van der Waals surface area contributed by atoms with E-state index in [-0.39, 0.29) is 11.9 Å². The third-order valence-electron chi connectivity index (χ3n) is 4.52. The van der Waals surface area contributed by atoms with Gasteiger partial charge in [0.1, 0.15) is 12.4 Å². The number of likely N-dealkylation sites (N-methyl/N-ethyl adjacent to an activating group) is 1. The first-order valence-electron chi connectivity index (χ1n) is 8.45. The molecule has 23 heavy (non-hydrogen) atoms. The average Bonchev–Trinajstić information content (AvgIpc) is 2.56. The summed E-state index contributed by atoms with van der Waals surface area (Å²) in [6, 6.07) is 8.02. The largest absolute Gasteiger partial charge is 0.492 e. The molecule has 1 aromatic carbocycles. The number of rotatable bonds is 7. The number of carbonyl (C=O) groups is 1. The van der Waals surface area contributed by atoms with Gasteiger partial charge in [0, 0.05) is 17.1 Å². The number of hydrogen-bond donors (Lipinski definition) is 1. The SMILES string of the molecule is C[C@H](C(=O)NC1CCCCC1)N(C)CCOc1ccc(Br)cc1. The van der Waals surface area contributed by atoms with Gasteiger partial charge in [-0.2, -0.15) is 0 Å². The zero-order valence-electron chi connectivity index (χ0n) is 14.1. The number of carbonyl (C=O) groups excluding carboxylic acids is 1. The Balaban J connectivity index is 1.69. The van der Waals surface area contributed by atoms with Crippen molar-refractivity contribution < 1.29 is 9.53 Å². The topological polar surface area (TPSA) is 41.6 Å². The molecular formula is C18H27BrN2O2. The van der Waals surface area contributed by atoms with Crippen molar-refractivity contribution in [3.63, 3.8) is 0 Å². The predicted octanol–water partition coefficient (Wildman–Crippen LogP) is 3.60. The summed E-state index contributed by atoms with van der Waals surface area (Å²) in [7, 11) is 1.97. The van der Waals surface area contributed by atoms with Crippen LogP contribution in [0.1, 0.15) is 39.0 Å². The standard InChI is InChI=1S/C18H27BrN2O2/c1-14(18(22)20-16-6-4-3-5-7-16)21(2)12-13-23-17-10-8-15(19)9-11-17/h8-11,14,16H,3-7,12-13H2,1-2H3,(H,20,22)/t14-/m1/s1. The fraction of sp³-hybridized carbons (Fsp3) is 0.611. The third-order valence-corrected chi connectivity index (χ3v) is 5.05. The van der Waals surface area contributed by atoms with Crippen LogP contribution in [-0.4, -0.2) is 43.1 Å². The molecule has 0 spiro atoms. The molecule has 1 aromatic rings. The van der Waals surface area contributed by atoms with Crippen molar-refractivity contribution in [2.45, 2.75) is 51.1 Å². The maximum absolute atomic E-state index is 12.3. The molecule has 1 atom stereocenters. The summed E-state index contributed by atoms with van der Waals surface area (Å²) in [5, 5.41) is 3.19. The van der Waals surface area contributed by atoms with E-state index < -0.39 is 0 Å². The molecule has 1 amide bonds. The molecule has 0 aromatic heterocycles. The Morgan fingerprint density at radius 3 is 2.61 bits per heavy atom. The second-order valence-electron chi connectivity index (χ2n) is 6.30. The summed E-state index contributed by atoms with van der Waals surface area (Å²) in [6.07, 6.45) is 6.01. The highest BCUT2D eigenvalue weighted by Gasteiger charge is 2.22. The monoisotopic (exact) mass is 382 g/mol. The van der Waals surface area contributed by atoms with Crippen LogP contribution in [-0.2, 0) is 4.79 Å². The van der Waals surface area contributed by atoms with Crippen molar-refractivity contribution in [3.8, 4) is 5.75 Å². The summed E-state index contributed by atoms with van der Waals surface area (Å²) in [6.45, 7) is 3.24. The third kappa shape index (κ3) is 6.15. The van der Waals surface area contributed by atoms with Gasteiger partial charge in [-0.25, -0.2) is 0 Å². The molecule has 128 valence electrons. The van der Waals surface area contributed by atoms with Crippen LogP contribution in [0.25, 0.3) is 0 Å². The maximum atomic E-state index is 12.3. The summed E-state index contributed by atoms with van der Waals surface area (Å²) < 4.78 is 6.75. The van der Waals surface area contributed by atoms with E-state index in [4.69, 9.17) is 4.74 Å². The Hall–Kier alpha value is -1.07. The molecule has 1 fully saturated rings. The first-order valence-corrected chi connectivity index (χ1v) is 9.24. The minimum absolute atomic E-state index is 0.128. The normalized spacial score (nSPS) is 17.0. The number of nitrogens with zero attached hydrogens (tertiary/aromatic N) is 1. The number of amides is 1. The van der Waals surface area contributed by atoms with Gasteiger partial charge in [-0.1, -0.05) is 35.2 Å². The Morgan fingerprint density at radius 2 is 1.96 bits per heavy atom. The number of ether oxygens (including phenoxy) is 1. The highest BCUT2D eigenvalue weighted by atomic mass is 79.9. The Bertz CT molecular complexity index is 486. The molecule has 1 aliphatic carbocycles. The van der Waals surface area contributed by atoms with Gasteiger partial charge < -0.3 is 10.1 Å². The number of hydrogen-bond acceptors (Lipinski definition) is 3. The van der Waals surface area contributed by atoms with Crippen LogP contribution in [0.15, 0.2) is 28.7 Å². The first-order chi connectivity index (χ1) is 11.1. The fourth-order valence-corrected chi connectivity index (χ4v) is 3.07. The van der Waals surface area contributed by atoms with Crippen molar-refractivity contribution in [1.29, 1.82) is 0 Å². The molecule has 0 bridgehead atoms. The molecular weight excluding hydrogens is 356 g/mol. The van der Waals surface area contributed by atoms with Gasteiger partial charge in [0.05, 0.1) is 6.04 Å². The van der Waals surface area contributed by atoms with Gasteiger partial charge in [0.25, 0.3) is 0 Å². The van der Waals surface area contributed by atoms with Crippen LogP contribution in [0.2, 0.25) is 0 Å². The van der Waals surface area contributed by atoms with Crippen LogP contribution in [0, 0.1) is 0 Å². The second-order valence-corrected chi connectivity index (χ2v) is 7.22. The zero-order valence-corrected chi connectivity index (χ0v) is 15.6. The summed E-state index contributed by atoms with van der Waals surface area (Å²) >= 11 is 3.40. The Morgan fingerprint density at radius 1 is 1.30 bits per heavy atom. The van der Waals surface area contributed by atoms with E-state index >= 15 is 0 Å². The molecule has 0 heterocycles. The lowest BCUT2D eigenvalue weighted by Crippen LogP contribution is -2.48. The molecule has 2 rings (SSSR count). The van der Waals surface area contributed by atoms with Gasteiger partial charge >= 0.3 is 0 Å². The van der Waals surface area contributed by atoms with Gasteiger partial charge in [-0.3, -0.25) is 9.69 Å². The van der Waals surface area contributed by atoms with Crippen LogP contribution in [0.5, 0.6) is 5.75 Å². The summed E-state index contributed by atoms with van der Waals surface area (Å²) in [5.41, 5.74) is 0. The van der Waals surface area contributed by atoms with E-state index in [1.807, 2.05) is 43.1 Å². The molecule has 5 heteroatoms. The van der Waals surface area contributed by atoms with Gasteiger partial charge in [-0.15, -0.1) is 0 Å². The van der Waals surface area contributed by atoms with E-state index in [1.165, 1.54) is 19.3 Å². The minimum Gasteiger partial charge on any atom is -0.492 e. The molecule has 4 nitrogen and oxygen atoms in total. The van der Waals surface area contributed by atoms with E-state index in [1.54, 1.807) is 0 Å². The number of nitrogens with one attached hydrogen (secondary N) is 1. The van der Waals surface area contributed by atoms with Crippen molar-refractivity contribution in [2.75, 3.05) is 20.2 Å². The Kier molecular flexibility index (Phi) is 7.37. The Labute approximate surface area is 147 Å². The molecule has 0 unspecified atom stereocenters. The predicted molar refractivity (Wildman–Crippen MR) is 96.7 cm³/mol. The lowest BCUT2D eigenvalue weighted by Gasteiger charge is -2.28. The lowest BCUT2D eigenvalue weighted by atomic mass is 9.95. The summed E-state index contributed by atoms with van der Waals surface area (Å²) in [4.78, 5) is 14.4. The van der Waals surface area contributed by atoms with Gasteiger partial charge in [0.2, 0.25) is 5.91 Å². The van der Waals surface area contributed by atoms with Crippen molar-refractivity contribution in [1.82, 2.24) is 10.2 Å². The average molecular weight is 383 g/mol. The van der Waals surface area contributed by atoms with E-state index in [2.05, 4.69) is 21.2 Å². The minimum atomic E-state index is -0.134. The van der Waals surface area contributed by atoms with Crippen molar-refractivity contribution in [2.24, 2.45) is 0 Å². The lowest BCUT2D eigenvalue weighted by molar-refractivity contribution is -0.126. The molecule has 0 saturated heterocycles. The molecule has 0 radical (unpaired) electrons. The smallest absolute Gasteiger partial charge is 0.237 e. The second kappa shape index (κ2) is 9.28. The highest BCUT2D eigenvalue weighted by molar-refractivity contribution is 9.10. The maximum Gasteiger partial charge on any atom is 0.237 e. The van der Waals surface area contributed by atoms with Crippen molar-refractivity contribution in [3.05, 3.63) is 28.7 Å². The van der Waals surface area contributed by atoms with E-state index in [9.17, 15) is 4.79 Å². The van der Waals surface area contributed by atoms with E-state index in [0.29, 0.717) is 12.6 Å². The van der Waals surface area contributed by atoms with Crippen LogP contribution >= 0.6 is 15.9 Å². The molecule has 1 N–H and O–H groups in total. The number of halogens is 1. The fourth-order valence-electron chi connectivity index (χ4n) is 2.80. The van der Waals surface area contributed by atoms with Crippen LogP contribution in [0.3, 0.4) is 0 Å². The first kappa shape index (κ1) is 18.3. The van der Waals surface area contributed by atoms with E-state index in [0.717, 1.165) is 29.6 Å². The van der Waals surface area contributed by atoms with Gasteiger partial charge in [-0.05, 0) is 51.1 Å². The van der Waals surface area contributed by atoms with Crippen LogP contribution < -0.4 is 10.1 Å². The van der Waals surface area contributed by atoms with Crippen molar-refractivity contribution >= 4 is 21.8 Å². The zero-order chi connectivity index (χ0) is 16.7. The number of benzene rings is 1. The molecule has 1 saturated carbocycles. The molecule has 0 aliphatic heterocycles. The van der Waals surface area contributed by atoms with Crippen LogP contribution in [0.4, 0.5) is 0 Å².